The van der Waals surface area contributed by atoms with Crippen LogP contribution in [-0.4, -0.2) is 205 Å². The van der Waals surface area contributed by atoms with Crippen molar-refractivity contribution in [2.24, 2.45) is 0 Å². The predicted molar refractivity (Wildman–Crippen MR) is 458 cm³/mol. The molecule has 0 bridgehead atoms. The molecule has 18 unspecified atom stereocenters. The van der Waals surface area contributed by atoms with Crippen LogP contribution in [0.2, 0.25) is 0 Å². The van der Waals surface area contributed by atoms with Gasteiger partial charge in [-0.25, -0.2) is 4.57 Å². The zero-order valence-corrected chi connectivity index (χ0v) is 74.6. The third-order valence-electron chi connectivity index (χ3n) is 23.2. The second kappa shape index (κ2) is 71.1. The van der Waals surface area contributed by atoms with Gasteiger partial charge in [0.25, 0.3) is 0 Å². The van der Waals surface area contributed by atoms with E-state index in [1.54, 1.807) is 0 Å². The fourth-order valence-corrected chi connectivity index (χ4v) is 16.6. The lowest BCUT2D eigenvalue weighted by Crippen LogP contribution is -2.70. The van der Waals surface area contributed by atoms with Crippen LogP contribution in [0.3, 0.4) is 0 Å². The number of ether oxygens (including phenoxy) is 8. The summed E-state index contributed by atoms with van der Waals surface area (Å²) in [5.74, 6) is -2.98. The maximum absolute atomic E-state index is 14.9. The number of hydrogen-bond donors (Lipinski definition) is 10. The van der Waals surface area contributed by atoms with E-state index in [4.69, 9.17) is 46.9 Å². The SMILES string of the molecule is CCCCCC/C=C\CCCCCCCCCC(=O)OC1C(O)C(O)C(OC2OC(CO)C(O)C(O)C2O)C(OP(=O)(O)OCC(COC(=O)CCCCCCCCCCCCCCCCCC)OC(=O)CCCCCCCCCCCCCCCCC)C1OC1OC(COC(=O)CCCCC/C=C\CCCCCCCC)C(O)C(O)C1O. The average molecular weight is 1710 g/mol. The Bertz CT molecular complexity index is 2550. The molecule has 1 saturated carbocycles. The number of hydrogen-bond acceptors (Lipinski definition) is 24. The first kappa shape index (κ1) is 109. The molecule has 2 aliphatic heterocycles. The van der Waals surface area contributed by atoms with Gasteiger partial charge >= 0.3 is 31.7 Å². The number of esters is 4. The van der Waals surface area contributed by atoms with Crippen molar-refractivity contribution < 1.29 is 122 Å². The molecule has 25 nitrogen and oxygen atoms in total. The highest BCUT2D eigenvalue weighted by Gasteiger charge is 2.60. The molecule has 26 heteroatoms. The van der Waals surface area contributed by atoms with Gasteiger partial charge in [-0.05, 0) is 77.0 Å². The first-order chi connectivity index (χ1) is 57.2. The van der Waals surface area contributed by atoms with Crippen molar-refractivity contribution in [3.8, 4) is 0 Å². The van der Waals surface area contributed by atoms with E-state index >= 15 is 0 Å². The Morgan fingerprint density at radius 3 is 1.03 bits per heavy atom. The van der Waals surface area contributed by atoms with Crippen LogP contribution in [-0.2, 0) is 70.7 Å². The number of allylic oxidation sites excluding steroid dienone is 4. The van der Waals surface area contributed by atoms with Crippen LogP contribution in [0, 0.1) is 0 Å². The Kier molecular flexibility index (Phi) is 65.8. The maximum atomic E-state index is 14.9. The molecule has 3 rings (SSSR count). The molecule has 2 heterocycles. The molecule has 18 atom stereocenters. The smallest absolute Gasteiger partial charge is 0.463 e. The first-order valence-electron chi connectivity index (χ1n) is 47.6. The number of carbonyl (C=O) groups excluding carboxylic acids is 4. The zero-order chi connectivity index (χ0) is 86.1. The van der Waals surface area contributed by atoms with E-state index in [0.29, 0.717) is 38.5 Å². The molecule has 0 amide bonds. The van der Waals surface area contributed by atoms with E-state index in [1.807, 2.05) is 0 Å². The number of unbranched alkanes of at least 4 members (excludes halogenated alkanes) is 49. The van der Waals surface area contributed by atoms with E-state index in [1.165, 1.54) is 180 Å². The van der Waals surface area contributed by atoms with Crippen LogP contribution >= 0.6 is 7.82 Å². The summed E-state index contributed by atoms with van der Waals surface area (Å²) in [6.07, 6.45) is 31.6. The summed E-state index contributed by atoms with van der Waals surface area (Å²) in [6, 6.07) is 0. The van der Waals surface area contributed by atoms with Gasteiger partial charge in [-0.15, -0.1) is 0 Å². The second-order valence-corrected chi connectivity index (χ2v) is 35.3. The van der Waals surface area contributed by atoms with E-state index in [-0.39, 0.29) is 25.7 Å². The third kappa shape index (κ3) is 50.8. The van der Waals surface area contributed by atoms with Gasteiger partial charge in [-0.3, -0.25) is 28.2 Å². The molecule has 1 aliphatic carbocycles. The van der Waals surface area contributed by atoms with E-state index < -0.39 is 162 Å². The molecule has 0 radical (unpaired) electrons. The molecule has 2 saturated heterocycles. The van der Waals surface area contributed by atoms with Crippen molar-refractivity contribution in [3.63, 3.8) is 0 Å². The minimum absolute atomic E-state index is 0.00617. The summed E-state index contributed by atoms with van der Waals surface area (Å²) >= 11 is 0. The first-order valence-corrected chi connectivity index (χ1v) is 49.1. The summed E-state index contributed by atoms with van der Waals surface area (Å²) in [5.41, 5.74) is 0. The number of rotatable bonds is 77. The predicted octanol–water partition coefficient (Wildman–Crippen LogP) is 17.7. The van der Waals surface area contributed by atoms with Crippen molar-refractivity contribution >= 4 is 31.7 Å². The van der Waals surface area contributed by atoms with Crippen LogP contribution in [0.15, 0.2) is 24.3 Å². The standard InChI is InChI=1S/C92H169O25P/c1-5-9-13-17-21-25-29-33-36-39-41-45-48-52-56-60-64-75(94)108-69-72(111-77(96)66-62-58-54-50-46-42-37-34-30-26-22-18-14-10-6-2)70-110-118(106,107)117-90-88(115-91-85(104)81(100)79(98)73(68-93)112-91)84(103)83(102)87(114-78(97)67-63-59-55-51-47-43-38-35-31-27-23-19-15-11-7-3)89(90)116-92-86(105)82(101)80(99)74(113-92)71-109-76(95)65-61-57-53-49-44-40-32-28-24-20-16-12-8-4/h27,31,40,44,72-74,79-93,98-105H,5-26,28-30,32-39,41-43,45-71H2,1-4H3,(H,106,107)/b31-27-,44-40-. The normalized spacial score (nSPS) is 25.0. The number of carbonyl (C=O) groups is 4. The van der Waals surface area contributed by atoms with Crippen LogP contribution < -0.4 is 0 Å². The van der Waals surface area contributed by atoms with Crippen LogP contribution in [0.4, 0.5) is 0 Å². The molecular formula is C92H169O25P. The van der Waals surface area contributed by atoms with E-state index in [2.05, 4.69) is 52.0 Å². The Labute approximate surface area is 711 Å². The summed E-state index contributed by atoms with van der Waals surface area (Å²) in [7, 11) is -5.81. The highest BCUT2D eigenvalue weighted by molar-refractivity contribution is 7.47. The van der Waals surface area contributed by atoms with Gasteiger partial charge in [-0.1, -0.05) is 328 Å². The van der Waals surface area contributed by atoms with Gasteiger partial charge in [0, 0.05) is 25.7 Å². The molecule has 0 aromatic rings. The van der Waals surface area contributed by atoms with Crippen molar-refractivity contribution in [3.05, 3.63) is 24.3 Å². The highest BCUT2D eigenvalue weighted by Crippen LogP contribution is 2.49. The van der Waals surface area contributed by atoms with Gasteiger partial charge < -0.3 is 88.7 Å². The molecule has 3 aliphatic rings. The Balaban J connectivity index is 1.92. The minimum atomic E-state index is -5.81. The summed E-state index contributed by atoms with van der Waals surface area (Å²) in [6.45, 7) is 5.59. The molecule has 10 N–H and O–H groups in total. The zero-order valence-electron chi connectivity index (χ0n) is 73.7. The number of aliphatic hydroxyl groups is 9. The largest absolute Gasteiger partial charge is 0.472 e. The summed E-state index contributed by atoms with van der Waals surface area (Å²) in [4.78, 5) is 66.5. The van der Waals surface area contributed by atoms with Crippen LogP contribution in [0.5, 0.6) is 0 Å². The van der Waals surface area contributed by atoms with Crippen LogP contribution in [0.25, 0.3) is 0 Å². The summed E-state index contributed by atoms with van der Waals surface area (Å²) in [5, 5.41) is 102. The molecule has 0 aromatic heterocycles. The molecular weight excluding hydrogens is 1540 g/mol. The molecule has 118 heavy (non-hydrogen) atoms. The molecule has 0 aromatic carbocycles. The van der Waals surface area contributed by atoms with Crippen molar-refractivity contribution in [2.45, 2.75) is 511 Å². The Morgan fingerprint density at radius 1 is 0.331 bits per heavy atom. The Hall–Kier alpha value is -3.05. The topological polar surface area (TPSA) is 380 Å². The molecule has 692 valence electrons. The van der Waals surface area contributed by atoms with Gasteiger partial charge in [0.2, 0.25) is 0 Å². The number of phosphoric acid groups is 1. The van der Waals surface area contributed by atoms with E-state index in [0.717, 1.165) is 135 Å². The van der Waals surface area contributed by atoms with Crippen LogP contribution in [0.1, 0.15) is 407 Å². The van der Waals surface area contributed by atoms with E-state index in [9.17, 15) is 74.6 Å². The number of aliphatic hydroxyl groups excluding tert-OH is 9. The van der Waals surface area contributed by atoms with Crippen molar-refractivity contribution in [1.82, 2.24) is 0 Å². The Morgan fingerprint density at radius 2 is 0.636 bits per heavy atom. The van der Waals surface area contributed by atoms with Crippen molar-refractivity contribution in [2.75, 3.05) is 26.4 Å². The van der Waals surface area contributed by atoms with Gasteiger partial charge in [0.15, 0.2) is 24.8 Å². The summed E-state index contributed by atoms with van der Waals surface area (Å²) < 4.78 is 73.4. The van der Waals surface area contributed by atoms with Crippen molar-refractivity contribution in [1.29, 1.82) is 0 Å². The lowest BCUT2D eigenvalue weighted by molar-refractivity contribution is -0.360. The van der Waals surface area contributed by atoms with Gasteiger partial charge in [-0.2, -0.15) is 0 Å². The highest BCUT2D eigenvalue weighted by atomic mass is 31.2. The lowest BCUT2D eigenvalue weighted by Gasteiger charge is -2.50. The second-order valence-electron chi connectivity index (χ2n) is 33.9. The monoisotopic (exact) mass is 1710 g/mol. The lowest BCUT2D eigenvalue weighted by atomic mass is 9.84. The molecule has 0 spiro atoms. The third-order valence-corrected chi connectivity index (χ3v) is 24.2. The average Bonchev–Trinajstić information content (AvgIpc) is 0.755. The fraction of sp³-hybridized carbons (Fsp3) is 0.913. The quantitative estimate of drug-likeness (QED) is 0.00889. The maximum Gasteiger partial charge on any atom is 0.472 e. The minimum Gasteiger partial charge on any atom is -0.463 e. The van der Waals surface area contributed by atoms with Gasteiger partial charge in [0.05, 0.1) is 13.2 Å². The fourth-order valence-electron chi connectivity index (χ4n) is 15.6. The van der Waals surface area contributed by atoms with Gasteiger partial charge in [0.1, 0.15) is 92.6 Å². The number of phosphoric ester groups is 1. The molecule has 3 fully saturated rings.